The highest BCUT2D eigenvalue weighted by molar-refractivity contribution is 4.97. The second-order valence-corrected chi connectivity index (χ2v) is 4.65. The van der Waals surface area contributed by atoms with E-state index in [2.05, 4.69) is 17.3 Å². The van der Waals surface area contributed by atoms with E-state index in [0.717, 1.165) is 38.5 Å². The van der Waals surface area contributed by atoms with Crippen molar-refractivity contribution in [1.29, 1.82) is 0 Å². The lowest BCUT2D eigenvalue weighted by Crippen LogP contribution is -2.34. The van der Waals surface area contributed by atoms with Crippen molar-refractivity contribution in [1.82, 2.24) is 10.2 Å². The quantitative estimate of drug-likeness (QED) is 0.730. The Morgan fingerprint density at radius 1 is 1.53 bits per heavy atom. The summed E-state index contributed by atoms with van der Waals surface area (Å²) in [6, 6.07) is 3.91. The molecule has 0 radical (unpaired) electrons. The van der Waals surface area contributed by atoms with E-state index < -0.39 is 0 Å². The molecule has 1 fully saturated rings. The summed E-state index contributed by atoms with van der Waals surface area (Å²) in [5.74, 6) is 0.992. The smallest absolute Gasteiger partial charge is 0.117 e. The van der Waals surface area contributed by atoms with E-state index in [1.165, 1.54) is 12.8 Å². The first-order chi connectivity index (χ1) is 8.34. The Balaban J connectivity index is 1.52. The number of hydrogen-bond acceptors (Lipinski definition) is 4. The Hall–Kier alpha value is -0.840. The van der Waals surface area contributed by atoms with E-state index in [0.29, 0.717) is 6.10 Å². The van der Waals surface area contributed by atoms with Crippen LogP contribution in [0.3, 0.4) is 0 Å². The van der Waals surface area contributed by atoms with Gasteiger partial charge in [-0.1, -0.05) is 0 Å². The topological polar surface area (TPSA) is 37.6 Å². The molecule has 1 aliphatic rings. The fraction of sp³-hybridized carbons (Fsp3) is 0.692. The minimum atomic E-state index is 0.449. The van der Waals surface area contributed by atoms with E-state index in [4.69, 9.17) is 9.15 Å². The Kier molecular flexibility index (Phi) is 5.04. The van der Waals surface area contributed by atoms with Crippen molar-refractivity contribution in [3.8, 4) is 0 Å². The molecule has 0 aliphatic carbocycles. The molecule has 1 N–H and O–H groups in total. The lowest BCUT2D eigenvalue weighted by Gasteiger charge is -2.20. The van der Waals surface area contributed by atoms with Crippen molar-refractivity contribution >= 4 is 0 Å². The average molecular weight is 238 g/mol. The van der Waals surface area contributed by atoms with Crippen molar-refractivity contribution in [2.24, 2.45) is 0 Å². The highest BCUT2D eigenvalue weighted by Crippen LogP contribution is 2.12. The number of nitrogens with one attached hydrogen (secondary N) is 1. The van der Waals surface area contributed by atoms with Gasteiger partial charge in [0.15, 0.2) is 0 Å². The molecule has 1 atom stereocenters. The first kappa shape index (κ1) is 12.6. The molecule has 1 aromatic heterocycles. The van der Waals surface area contributed by atoms with Gasteiger partial charge in [-0.3, -0.25) is 0 Å². The first-order valence-corrected chi connectivity index (χ1v) is 6.38. The van der Waals surface area contributed by atoms with E-state index in [1.807, 2.05) is 12.1 Å². The van der Waals surface area contributed by atoms with Gasteiger partial charge in [0.25, 0.3) is 0 Å². The zero-order valence-corrected chi connectivity index (χ0v) is 10.5. The third kappa shape index (κ3) is 4.50. The van der Waals surface area contributed by atoms with Gasteiger partial charge in [-0.25, -0.2) is 0 Å². The minimum Gasteiger partial charge on any atom is -0.468 e. The van der Waals surface area contributed by atoms with Gasteiger partial charge in [-0.05, 0) is 32.0 Å². The standard InChI is InChI=1S/C13H22N2O2/c1-15(11-13-5-3-9-17-13)7-6-14-10-12-4-2-8-16-12/h2,4,8,13-14H,3,5-7,9-11H2,1H3. The third-order valence-electron chi connectivity index (χ3n) is 3.09. The largest absolute Gasteiger partial charge is 0.468 e. The van der Waals surface area contributed by atoms with Gasteiger partial charge in [-0.15, -0.1) is 0 Å². The number of likely N-dealkylation sites (N-methyl/N-ethyl adjacent to an activating group) is 1. The molecule has 0 bridgehead atoms. The van der Waals surface area contributed by atoms with Gasteiger partial charge >= 0.3 is 0 Å². The molecule has 1 aliphatic heterocycles. The zero-order chi connectivity index (χ0) is 11.9. The van der Waals surface area contributed by atoms with Crippen LogP contribution in [0.25, 0.3) is 0 Å². The molecule has 2 heterocycles. The number of nitrogens with zero attached hydrogens (tertiary/aromatic N) is 1. The SMILES string of the molecule is CN(CCNCc1ccco1)CC1CCCO1. The molecule has 17 heavy (non-hydrogen) atoms. The maximum atomic E-state index is 5.61. The lowest BCUT2D eigenvalue weighted by molar-refractivity contribution is 0.0814. The minimum absolute atomic E-state index is 0.449. The van der Waals surface area contributed by atoms with Crippen LogP contribution in [0.15, 0.2) is 22.8 Å². The van der Waals surface area contributed by atoms with Crippen LogP contribution < -0.4 is 5.32 Å². The van der Waals surface area contributed by atoms with Crippen molar-refractivity contribution in [3.63, 3.8) is 0 Å². The fourth-order valence-corrected chi connectivity index (χ4v) is 2.12. The summed E-state index contributed by atoms with van der Waals surface area (Å²) >= 11 is 0. The number of ether oxygens (including phenoxy) is 1. The summed E-state index contributed by atoms with van der Waals surface area (Å²) in [7, 11) is 2.15. The fourth-order valence-electron chi connectivity index (χ4n) is 2.12. The van der Waals surface area contributed by atoms with E-state index >= 15 is 0 Å². The summed E-state index contributed by atoms with van der Waals surface area (Å²) in [4.78, 5) is 2.32. The van der Waals surface area contributed by atoms with Crippen molar-refractivity contribution in [2.45, 2.75) is 25.5 Å². The molecule has 2 rings (SSSR count). The highest BCUT2D eigenvalue weighted by Gasteiger charge is 2.16. The predicted molar refractivity (Wildman–Crippen MR) is 66.9 cm³/mol. The Morgan fingerprint density at radius 3 is 3.18 bits per heavy atom. The van der Waals surface area contributed by atoms with Gasteiger partial charge in [0, 0.05) is 26.2 Å². The summed E-state index contributed by atoms with van der Waals surface area (Å²) in [6.45, 7) is 4.81. The van der Waals surface area contributed by atoms with Crippen LogP contribution in [0, 0.1) is 0 Å². The van der Waals surface area contributed by atoms with E-state index in [9.17, 15) is 0 Å². The predicted octanol–water partition coefficient (Wildman–Crippen LogP) is 1.48. The van der Waals surface area contributed by atoms with E-state index in [1.54, 1.807) is 6.26 Å². The van der Waals surface area contributed by atoms with Gasteiger partial charge in [0.1, 0.15) is 5.76 Å². The molecule has 1 aromatic rings. The number of rotatable bonds is 7. The van der Waals surface area contributed by atoms with Gasteiger partial charge < -0.3 is 19.4 Å². The maximum Gasteiger partial charge on any atom is 0.117 e. The molecule has 0 aromatic carbocycles. The van der Waals surface area contributed by atoms with Gasteiger partial charge in [0.05, 0.1) is 18.9 Å². The monoisotopic (exact) mass is 238 g/mol. The maximum absolute atomic E-state index is 5.61. The van der Waals surface area contributed by atoms with Crippen molar-refractivity contribution in [3.05, 3.63) is 24.2 Å². The summed E-state index contributed by atoms with van der Waals surface area (Å²) in [6.07, 6.45) is 4.59. The second-order valence-electron chi connectivity index (χ2n) is 4.65. The van der Waals surface area contributed by atoms with Crippen molar-refractivity contribution < 1.29 is 9.15 Å². The molecule has 1 saturated heterocycles. The molecule has 0 saturated carbocycles. The first-order valence-electron chi connectivity index (χ1n) is 6.38. The normalized spacial score (nSPS) is 20.2. The van der Waals surface area contributed by atoms with Gasteiger partial charge in [0.2, 0.25) is 0 Å². The summed E-state index contributed by atoms with van der Waals surface area (Å²) in [5, 5.41) is 3.37. The molecule has 4 nitrogen and oxygen atoms in total. The zero-order valence-electron chi connectivity index (χ0n) is 10.5. The van der Waals surface area contributed by atoms with Crippen LogP contribution in [0.5, 0.6) is 0 Å². The van der Waals surface area contributed by atoms with Crippen LogP contribution in [-0.4, -0.2) is 44.3 Å². The Morgan fingerprint density at radius 2 is 2.47 bits per heavy atom. The summed E-state index contributed by atoms with van der Waals surface area (Å²) < 4.78 is 10.9. The lowest BCUT2D eigenvalue weighted by atomic mass is 10.2. The molecular weight excluding hydrogens is 216 g/mol. The molecule has 4 heteroatoms. The van der Waals surface area contributed by atoms with E-state index in [-0.39, 0.29) is 0 Å². The molecule has 1 unspecified atom stereocenters. The highest BCUT2D eigenvalue weighted by atomic mass is 16.5. The number of furan rings is 1. The van der Waals surface area contributed by atoms with Crippen LogP contribution in [0.2, 0.25) is 0 Å². The number of hydrogen-bond donors (Lipinski definition) is 1. The van der Waals surface area contributed by atoms with Crippen LogP contribution >= 0.6 is 0 Å². The third-order valence-corrected chi connectivity index (χ3v) is 3.09. The second kappa shape index (κ2) is 6.79. The van der Waals surface area contributed by atoms with Gasteiger partial charge in [-0.2, -0.15) is 0 Å². The molecule has 96 valence electrons. The van der Waals surface area contributed by atoms with Crippen LogP contribution in [-0.2, 0) is 11.3 Å². The van der Waals surface area contributed by atoms with Crippen LogP contribution in [0.4, 0.5) is 0 Å². The Labute approximate surface area is 103 Å². The molecule has 0 spiro atoms. The molecular formula is C13H22N2O2. The van der Waals surface area contributed by atoms with Crippen molar-refractivity contribution in [2.75, 3.05) is 33.3 Å². The molecule has 0 amide bonds. The summed E-state index contributed by atoms with van der Waals surface area (Å²) in [5.41, 5.74) is 0. The Bertz CT molecular complexity index is 294. The average Bonchev–Trinajstić information content (AvgIpc) is 2.96. The van der Waals surface area contributed by atoms with Crippen LogP contribution in [0.1, 0.15) is 18.6 Å².